The Bertz CT molecular complexity index is 1040. The normalized spacial score (nSPS) is 15.2. The molecule has 147 valence electrons. The fourth-order valence-electron chi connectivity index (χ4n) is 4.50. The zero-order valence-corrected chi connectivity index (χ0v) is 20.9. The molecule has 29 heavy (non-hydrogen) atoms. The summed E-state index contributed by atoms with van der Waals surface area (Å²) >= 11 is -2.50. The van der Waals surface area contributed by atoms with Gasteiger partial charge in [-0.15, -0.1) is 0 Å². The van der Waals surface area contributed by atoms with Gasteiger partial charge in [-0.3, -0.25) is 0 Å². The molecule has 0 saturated carbocycles. The molecule has 0 fully saturated rings. The van der Waals surface area contributed by atoms with Gasteiger partial charge >= 0.3 is 190 Å². The Labute approximate surface area is 189 Å². The van der Waals surface area contributed by atoms with E-state index in [1.807, 2.05) is 0 Å². The summed E-state index contributed by atoms with van der Waals surface area (Å²) in [5.41, 5.74) is 10.7. The summed E-state index contributed by atoms with van der Waals surface area (Å²) in [6, 6.07) is 24.1. The van der Waals surface area contributed by atoms with Gasteiger partial charge in [-0.1, -0.05) is 0 Å². The molecular weight excluding hydrogens is 474 g/mol. The SMILES string of the molecule is CCCC1=Cc2c(ccc(-c3ccccc3)c2-c2ccccc2CC)[CH]1[Zr]([Cl])[Cl]. The number of hydrogen-bond acceptors (Lipinski definition) is 0. The van der Waals surface area contributed by atoms with Crippen LogP contribution in [0, 0.1) is 0 Å². The van der Waals surface area contributed by atoms with E-state index in [1.165, 1.54) is 44.5 Å². The number of allylic oxidation sites excluding steroid dienone is 1. The molecule has 4 rings (SSSR count). The zero-order chi connectivity index (χ0) is 20.4. The number of halogens is 2. The zero-order valence-electron chi connectivity index (χ0n) is 16.9. The van der Waals surface area contributed by atoms with Crippen molar-refractivity contribution < 1.29 is 19.4 Å². The van der Waals surface area contributed by atoms with Gasteiger partial charge in [0, 0.05) is 0 Å². The van der Waals surface area contributed by atoms with E-state index in [-0.39, 0.29) is 3.63 Å². The van der Waals surface area contributed by atoms with Gasteiger partial charge in [0.05, 0.1) is 0 Å². The van der Waals surface area contributed by atoms with Crippen molar-refractivity contribution in [1.29, 1.82) is 0 Å². The van der Waals surface area contributed by atoms with Crippen LogP contribution in [0.5, 0.6) is 0 Å². The van der Waals surface area contributed by atoms with Crippen molar-refractivity contribution in [3.05, 3.63) is 89.0 Å². The molecule has 0 nitrogen and oxygen atoms in total. The van der Waals surface area contributed by atoms with Gasteiger partial charge < -0.3 is 0 Å². The van der Waals surface area contributed by atoms with E-state index >= 15 is 0 Å². The maximum absolute atomic E-state index is 6.68. The van der Waals surface area contributed by atoms with E-state index in [0.717, 1.165) is 19.3 Å². The fourth-order valence-corrected chi connectivity index (χ4v) is 9.99. The minimum atomic E-state index is -2.50. The molecule has 0 spiro atoms. The van der Waals surface area contributed by atoms with Crippen LogP contribution in [0.4, 0.5) is 0 Å². The Balaban J connectivity index is 2.04. The summed E-state index contributed by atoms with van der Waals surface area (Å²) in [6.45, 7) is 4.46. The van der Waals surface area contributed by atoms with E-state index in [9.17, 15) is 0 Å². The van der Waals surface area contributed by atoms with Crippen LogP contribution in [-0.2, 0) is 25.8 Å². The van der Waals surface area contributed by atoms with Crippen LogP contribution in [-0.4, -0.2) is 0 Å². The van der Waals surface area contributed by atoms with Crippen molar-refractivity contribution in [2.24, 2.45) is 0 Å². The molecule has 0 bridgehead atoms. The van der Waals surface area contributed by atoms with Gasteiger partial charge in [0.25, 0.3) is 0 Å². The molecule has 0 amide bonds. The maximum atomic E-state index is 6.68. The van der Waals surface area contributed by atoms with E-state index in [0.29, 0.717) is 0 Å². The second kappa shape index (κ2) is 9.34. The summed E-state index contributed by atoms with van der Waals surface area (Å²) < 4.78 is 0.271. The quantitative estimate of drug-likeness (QED) is 0.318. The first kappa shape index (κ1) is 21.1. The molecule has 0 aromatic heterocycles. The number of benzene rings is 3. The average molecular weight is 500 g/mol. The fraction of sp³-hybridized carbons (Fsp3) is 0.231. The van der Waals surface area contributed by atoms with Crippen molar-refractivity contribution in [3.63, 3.8) is 0 Å². The van der Waals surface area contributed by atoms with Crippen LogP contribution in [0.2, 0.25) is 0 Å². The molecule has 0 saturated heterocycles. The Hall–Kier alpha value is -1.14. The second-order valence-corrected chi connectivity index (χ2v) is 16.4. The Morgan fingerprint density at radius 2 is 1.55 bits per heavy atom. The van der Waals surface area contributed by atoms with Gasteiger partial charge in [0.15, 0.2) is 0 Å². The third-order valence-electron chi connectivity index (χ3n) is 5.80. The van der Waals surface area contributed by atoms with Gasteiger partial charge in [0.1, 0.15) is 0 Å². The molecule has 3 aromatic rings. The predicted octanol–water partition coefficient (Wildman–Crippen LogP) is 8.75. The molecule has 0 radical (unpaired) electrons. The molecule has 3 aromatic carbocycles. The van der Waals surface area contributed by atoms with Crippen molar-refractivity contribution >= 4 is 23.1 Å². The number of fused-ring (bicyclic) bond motifs is 1. The topological polar surface area (TPSA) is 0 Å². The van der Waals surface area contributed by atoms with Crippen LogP contribution in [0.3, 0.4) is 0 Å². The van der Waals surface area contributed by atoms with Gasteiger partial charge in [-0.2, -0.15) is 0 Å². The third-order valence-corrected chi connectivity index (χ3v) is 11.1. The van der Waals surface area contributed by atoms with Gasteiger partial charge in [-0.05, 0) is 0 Å². The summed E-state index contributed by atoms with van der Waals surface area (Å²) in [4.78, 5) is 0. The summed E-state index contributed by atoms with van der Waals surface area (Å²) in [5, 5.41) is 0. The van der Waals surface area contributed by atoms with E-state index in [2.05, 4.69) is 86.7 Å². The van der Waals surface area contributed by atoms with Crippen molar-refractivity contribution in [3.8, 4) is 22.3 Å². The number of rotatable bonds is 6. The summed E-state index contributed by atoms with van der Waals surface area (Å²) in [7, 11) is 13.4. The number of aryl methyl sites for hydroxylation is 1. The first-order valence-corrected chi connectivity index (χ1v) is 18.1. The van der Waals surface area contributed by atoms with Crippen LogP contribution in [0.1, 0.15) is 47.0 Å². The molecule has 0 N–H and O–H groups in total. The van der Waals surface area contributed by atoms with Crippen molar-refractivity contribution in [1.82, 2.24) is 0 Å². The van der Waals surface area contributed by atoms with Crippen LogP contribution in [0.15, 0.2) is 72.3 Å². The predicted molar refractivity (Wildman–Crippen MR) is 124 cm³/mol. The minimum absolute atomic E-state index is 0.271. The summed E-state index contributed by atoms with van der Waals surface area (Å²) in [6.07, 6.45) is 5.60. The molecule has 0 heterocycles. The number of hydrogen-bond donors (Lipinski definition) is 0. The molecule has 1 atom stereocenters. The summed E-state index contributed by atoms with van der Waals surface area (Å²) in [5.74, 6) is 0. The van der Waals surface area contributed by atoms with Gasteiger partial charge in [-0.25, -0.2) is 0 Å². The van der Waals surface area contributed by atoms with Crippen molar-refractivity contribution in [2.45, 2.75) is 36.7 Å². The standard InChI is InChI=1S/C26H25.2ClH.Zr/c1-3-10-19-17-22-15-16-24(21-12-6-5-7-13-21)26(25(22)18-19)23-14-9-8-11-20(23)4-2;;;/h5-9,11-18H,3-4,10H2,1-2H3;2*1H;/q;;;+2/p-2. The second-order valence-electron chi connectivity index (χ2n) is 7.56. The Morgan fingerprint density at radius 3 is 2.24 bits per heavy atom. The molecule has 0 aliphatic heterocycles. The van der Waals surface area contributed by atoms with Gasteiger partial charge in [0.2, 0.25) is 0 Å². The van der Waals surface area contributed by atoms with E-state index < -0.39 is 19.4 Å². The Morgan fingerprint density at radius 1 is 0.828 bits per heavy atom. The average Bonchev–Trinajstić information content (AvgIpc) is 3.12. The molecule has 1 aliphatic carbocycles. The molecular formula is C26H25Cl2Zr. The molecule has 1 unspecified atom stereocenters. The Kier molecular flexibility index (Phi) is 6.80. The van der Waals surface area contributed by atoms with Crippen LogP contribution in [0.25, 0.3) is 28.3 Å². The molecule has 1 aliphatic rings. The third kappa shape index (κ3) is 4.07. The molecule has 3 heteroatoms. The van der Waals surface area contributed by atoms with Crippen LogP contribution < -0.4 is 0 Å². The first-order chi connectivity index (χ1) is 14.2. The van der Waals surface area contributed by atoms with E-state index in [4.69, 9.17) is 17.0 Å². The van der Waals surface area contributed by atoms with Crippen LogP contribution >= 0.6 is 17.0 Å². The monoisotopic (exact) mass is 497 g/mol. The first-order valence-electron chi connectivity index (χ1n) is 10.3. The van der Waals surface area contributed by atoms with Crippen molar-refractivity contribution in [2.75, 3.05) is 0 Å². The van der Waals surface area contributed by atoms with E-state index in [1.54, 1.807) is 0 Å².